The maximum Gasteiger partial charge on any atom is 0.295 e. The summed E-state index contributed by atoms with van der Waals surface area (Å²) in [6, 6.07) is 21.4. The minimum Gasteiger partial charge on any atom is -0.507 e. The topological polar surface area (TPSA) is 70.1 Å². The predicted molar refractivity (Wildman–Crippen MR) is 140 cm³/mol. The second kappa shape index (κ2) is 11.8. The smallest absolute Gasteiger partial charge is 0.295 e. The molecule has 0 bridgehead atoms. The molecule has 1 atom stereocenters. The zero-order valence-electron chi connectivity index (χ0n) is 21.1. The highest BCUT2D eigenvalue weighted by Gasteiger charge is 2.46. The van der Waals surface area contributed by atoms with E-state index in [0.29, 0.717) is 31.0 Å². The first-order valence-corrected chi connectivity index (χ1v) is 12.5. The molecule has 0 saturated carbocycles. The molecule has 3 aromatic rings. The van der Waals surface area contributed by atoms with Gasteiger partial charge in [0.2, 0.25) is 0 Å². The molecule has 4 rings (SSSR count). The van der Waals surface area contributed by atoms with Crippen LogP contribution < -0.4 is 4.74 Å². The highest BCUT2D eigenvalue weighted by molar-refractivity contribution is 6.46. The van der Waals surface area contributed by atoms with Crippen LogP contribution in [0.1, 0.15) is 36.6 Å². The Kier molecular flexibility index (Phi) is 8.36. The van der Waals surface area contributed by atoms with Crippen molar-refractivity contribution in [1.29, 1.82) is 0 Å². The molecule has 1 heterocycles. The number of ketones is 1. The molecule has 1 fully saturated rings. The minimum atomic E-state index is -0.805. The van der Waals surface area contributed by atoms with Gasteiger partial charge < -0.3 is 19.6 Å². The van der Waals surface area contributed by atoms with Crippen LogP contribution in [-0.2, 0) is 16.2 Å². The van der Waals surface area contributed by atoms with Gasteiger partial charge in [0.1, 0.15) is 23.9 Å². The number of aliphatic hydroxyl groups is 1. The Bertz CT molecular complexity index is 1270. The third-order valence-electron chi connectivity index (χ3n) is 6.63. The molecule has 0 aliphatic carbocycles. The Morgan fingerprint density at radius 3 is 2.35 bits per heavy atom. The van der Waals surface area contributed by atoms with Crippen molar-refractivity contribution in [2.75, 3.05) is 26.2 Å². The summed E-state index contributed by atoms with van der Waals surface area (Å²) in [4.78, 5) is 30.1. The van der Waals surface area contributed by atoms with Crippen molar-refractivity contribution in [3.63, 3.8) is 0 Å². The Labute approximate surface area is 216 Å². The van der Waals surface area contributed by atoms with Crippen LogP contribution in [0.4, 0.5) is 4.39 Å². The fraction of sp³-hybridized carbons (Fsp3) is 0.267. The summed E-state index contributed by atoms with van der Waals surface area (Å²) in [5, 5.41) is 11.2. The van der Waals surface area contributed by atoms with Gasteiger partial charge in [0.05, 0.1) is 11.6 Å². The number of ether oxygens (including phenoxy) is 1. The number of hydrogen-bond donors (Lipinski definition) is 1. The molecule has 0 radical (unpaired) electrons. The Hall–Kier alpha value is -3.97. The van der Waals surface area contributed by atoms with E-state index in [1.54, 1.807) is 12.1 Å². The second-order valence-electron chi connectivity index (χ2n) is 8.87. The van der Waals surface area contributed by atoms with Crippen molar-refractivity contribution < 1.29 is 23.8 Å². The molecule has 1 aliphatic heterocycles. The first kappa shape index (κ1) is 26.1. The molecular weight excluding hydrogens is 471 g/mol. The lowest BCUT2D eigenvalue weighted by molar-refractivity contribution is -0.140. The summed E-state index contributed by atoms with van der Waals surface area (Å²) in [7, 11) is 0. The molecule has 1 saturated heterocycles. The van der Waals surface area contributed by atoms with E-state index in [0.717, 1.165) is 18.7 Å². The minimum absolute atomic E-state index is 0.0173. The van der Waals surface area contributed by atoms with Crippen LogP contribution in [0.3, 0.4) is 0 Å². The van der Waals surface area contributed by atoms with Crippen LogP contribution >= 0.6 is 0 Å². The van der Waals surface area contributed by atoms with Gasteiger partial charge in [-0.25, -0.2) is 4.39 Å². The quantitative estimate of drug-likeness (QED) is 0.235. The molecule has 1 amide bonds. The van der Waals surface area contributed by atoms with Crippen molar-refractivity contribution >= 4 is 17.4 Å². The summed E-state index contributed by atoms with van der Waals surface area (Å²) in [5.41, 5.74) is 1.91. The van der Waals surface area contributed by atoms with E-state index < -0.39 is 23.5 Å². The van der Waals surface area contributed by atoms with Crippen LogP contribution in [0.2, 0.25) is 0 Å². The highest BCUT2D eigenvalue weighted by Crippen LogP contribution is 2.40. The van der Waals surface area contributed by atoms with Gasteiger partial charge >= 0.3 is 0 Å². The number of halogens is 1. The van der Waals surface area contributed by atoms with E-state index in [9.17, 15) is 19.1 Å². The number of carbonyl (C=O) groups excluding carboxylic acids is 2. The third-order valence-corrected chi connectivity index (χ3v) is 6.63. The molecule has 0 aromatic heterocycles. The number of rotatable bonds is 10. The monoisotopic (exact) mass is 502 g/mol. The van der Waals surface area contributed by atoms with Gasteiger partial charge in [0.25, 0.3) is 11.7 Å². The molecule has 6 nitrogen and oxygen atoms in total. The molecule has 7 heteroatoms. The number of hydrogen-bond acceptors (Lipinski definition) is 5. The summed E-state index contributed by atoms with van der Waals surface area (Å²) in [5.74, 6) is -1.64. The zero-order chi connectivity index (χ0) is 26.4. The first-order chi connectivity index (χ1) is 17.9. The summed E-state index contributed by atoms with van der Waals surface area (Å²) < 4.78 is 19.5. The molecule has 3 aromatic carbocycles. The predicted octanol–water partition coefficient (Wildman–Crippen LogP) is 5.17. The van der Waals surface area contributed by atoms with Crippen molar-refractivity contribution in [2.24, 2.45) is 0 Å². The number of aliphatic hydroxyl groups excluding tert-OH is 1. The lowest BCUT2D eigenvalue weighted by atomic mass is 9.95. The van der Waals surface area contributed by atoms with E-state index in [-0.39, 0.29) is 16.9 Å². The summed E-state index contributed by atoms with van der Waals surface area (Å²) in [6.07, 6.45) is 0. The lowest BCUT2D eigenvalue weighted by Crippen LogP contribution is -2.38. The SMILES string of the molecule is CCN(CC)CCN1C(=O)C(=O)C(=C(O)c2ccc(F)cc2)C1c1cccc(OCc2ccccc2)c1. The van der Waals surface area contributed by atoms with E-state index in [4.69, 9.17) is 4.74 Å². The van der Waals surface area contributed by atoms with Gasteiger partial charge in [-0.05, 0) is 60.6 Å². The lowest BCUT2D eigenvalue weighted by Gasteiger charge is -2.28. The van der Waals surface area contributed by atoms with Crippen molar-refractivity contribution in [2.45, 2.75) is 26.5 Å². The average molecular weight is 503 g/mol. The first-order valence-electron chi connectivity index (χ1n) is 12.5. The molecule has 0 spiro atoms. The van der Waals surface area contributed by atoms with Crippen LogP contribution in [0.5, 0.6) is 5.75 Å². The summed E-state index contributed by atoms with van der Waals surface area (Å²) >= 11 is 0. The van der Waals surface area contributed by atoms with Crippen LogP contribution in [0.15, 0.2) is 84.4 Å². The van der Waals surface area contributed by atoms with E-state index in [1.165, 1.54) is 29.2 Å². The zero-order valence-corrected chi connectivity index (χ0v) is 21.1. The highest BCUT2D eigenvalue weighted by atomic mass is 19.1. The number of Topliss-reactive ketones (excluding diaryl/α,β-unsaturated/α-hetero) is 1. The average Bonchev–Trinajstić information content (AvgIpc) is 3.18. The number of likely N-dealkylation sites (tertiary alicyclic amines) is 1. The number of nitrogens with zero attached hydrogens (tertiary/aromatic N) is 2. The van der Waals surface area contributed by atoms with Gasteiger partial charge in [-0.15, -0.1) is 0 Å². The van der Waals surface area contributed by atoms with Crippen molar-refractivity contribution in [1.82, 2.24) is 9.80 Å². The number of benzene rings is 3. The summed E-state index contributed by atoms with van der Waals surface area (Å²) in [6.45, 7) is 6.95. The number of likely N-dealkylation sites (N-methyl/N-ethyl adjacent to an activating group) is 1. The van der Waals surface area contributed by atoms with E-state index in [2.05, 4.69) is 4.90 Å². The Balaban J connectivity index is 1.72. The van der Waals surface area contributed by atoms with Gasteiger partial charge in [0, 0.05) is 18.7 Å². The fourth-order valence-corrected chi connectivity index (χ4v) is 4.52. The second-order valence-corrected chi connectivity index (χ2v) is 8.87. The maximum absolute atomic E-state index is 13.5. The number of amides is 1. The van der Waals surface area contributed by atoms with Crippen LogP contribution in [0.25, 0.3) is 5.76 Å². The fourth-order valence-electron chi connectivity index (χ4n) is 4.52. The molecule has 192 valence electrons. The molecule has 1 aliphatic rings. The van der Waals surface area contributed by atoms with E-state index >= 15 is 0 Å². The normalized spacial score (nSPS) is 17.0. The third kappa shape index (κ3) is 5.89. The van der Waals surface area contributed by atoms with Gasteiger partial charge in [-0.3, -0.25) is 9.59 Å². The largest absolute Gasteiger partial charge is 0.507 e. The standard InChI is InChI=1S/C30H31FN2O4/c1-3-32(4-2)17-18-33-27(23-11-8-12-25(19-23)37-20-21-9-6-5-7-10-21)26(29(35)30(33)36)28(34)22-13-15-24(31)16-14-22/h5-16,19,27,34H,3-4,17-18,20H2,1-2H3. The molecule has 1 unspecified atom stereocenters. The van der Waals surface area contributed by atoms with Gasteiger partial charge in [-0.2, -0.15) is 0 Å². The van der Waals surface area contributed by atoms with Crippen LogP contribution in [-0.4, -0.2) is 52.8 Å². The maximum atomic E-state index is 13.5. The van der Waals surface area contributed by atoms with Crippen molar-refractivity contribution in [3.8, 4) is 5.75 Å². The van der Waals surface area contributed by atoms with E-state index in [1.807, 2.05) is 56.3 Å². The van der Waals surface area contributed by atoms with Gasteiger partial charge in [0.15, 0.2) is 0 Å². The van der Waals surface area contributed by atoms with Crippen LogP contribution in [0, 0.1) is 5.82 Å². The molecule has 37 heavy (non-hydrogen) atoms. The van der Waals surface area contributed by atoms with Gasteiger partial charge in [-0.1, -0.05) is 56.3 Å². The molecule has 1 N–H and O–H groups in total. The molecular formula is C30H31FN2O4. The Morgan fingerprint density at radius 1 is 0.973 bits per heavy atom. The Morgan fingerprint density at radius 2 is 1.68 bits per heavy atom. The number of carbonyl (C=O) groups is 2. The van der Waals surface area contributed by atoms with Crippen molar-refractivity contribution in [3.05, 3.63) is 107 Å².